The first-order chi connectivity index (χ1) is 10.0. The van der Waals surface area contributed by atoms with Gasteiger partial charge in [-0.05, 0) is 32.8 Å². The summed E-state index contributed by atoms with van der Waals surface area (Å²) in [6.07, 6.45) is 0.824. The van der Waals surface area contributed by atoms with Crippen LogP contribution in [0.15, 0.2) is 30.3 Å². The van der Waals surface area contributed by atoms with E-state index < -0.39 is 5.97 Å². The number of hydrogen-bond donors (Lipinski definition) is 1. The number of aromatic nitrogens is 2. The van der Waals surface area contributed by atoms with Gasteiger partial charge in [0.05, 0.1) is 6.61 Å². The molecule has 0 aliphatic carbocycles. The van der Waals surface area contributed by atoms with E-state index in [2.05, 4.69) is 24.0 Å². The van der Waals surface area contributed by atoms with Crippen molar-refractivity contribution < 1.29 is 9.53 Å². The molecule has 1 atom stereocenters. The van der Waals surface area contributed by atoms with Crippen LogP contribution in [0.3, 0.4) is 0 Å². The van der Waals surface area contributed by atoms with E-state index in [1.54, 1.807) is 6.92 Å². The number of nitrogens with two attached hydrogens (primary N) is 1. The molecule has 0 radical (unpaired) electrons. The zero-order chi connectivity index (χ0) is 15.4. The molecule has 0 saturated heterocycles. The minimum Gasteiger partial charge on any atom is -0.461 e. The Morgan fingerprint density at radius 1 is 1.38 bits per heavy atom. The number of carbonyl (C=O) groups excluding carboxylic acids is 1. The highest BCUT2D eigenvalue weighted by Gasteiger charge is 2.22. The Hall–Kier alpha value is -2.30. The fraction of sp³-hybridized carbons (Fsp3) is 0.375. The van der Waals surface area contributed by atoms with Crippen molar-refractivity contribution in [2.75, 3.05) is 12.3 Å². The predicted octanol–water partition coefficient (Wildman–Crippen LogP) is 2.75. The molecule has 0 aliphatic rings. The van der Waals surface area contributed by atoms with Gasteiger partial charge in [-0.15, -0.1) is 0 Å². The number of hydrogen-bond acceptors (Lipinski definition) is 4. The first-order valence-corrected chi connectivity index (χ1v) is 7.10. The first-order valence-electron chi connectivity index (χ1n) is 7.10. The minimum atomic E-state index is -0.469. The molecule has 1 aromatic carbocycles. The van der Waals surface area contributed by atoms with E-state index in [0.29, 0.717) is 12.4 Å². The van der Waals surface area contributed by atoms with Gasteiger partial charge in [-0.3, -0.25) is 0 Å². The maximum Gasteiger partial charge on any atom is 0.360 e. The van der Waals surface area contributed by atoms with Gasteiger partial charge in [0.2, 0.25) is 0 Å². The summed E-state index contributed by atoms with van der Waals surface area (Å²) in [5.41, 5.74) is 7.51. The third kappa shape index (κ3) is 3.24. The molecular formula is C16H21N3O2. The lowest BCUT2D eigenvalue weighted by Gasteiger charge is -2.17. The van der Waals surface area contributed by atoms with Gasteiger partial charge in [0.15, 0.2) is 5.69 Å². The van der Waals surface area contributed by atoms with Crippen molar-refractivity contribution in [3.8, 4) is 0 Å². The lowest BCUT2D eigenvalue weighted by atomic mass is 10.1. The Balaban J connectivity index is 2.25. The van der Waals surface area contributed by atoms with Gasteiger partial charge < -0.3 is 15.0 Å². The molecule has 2 rings (SSSR count). The Labute approximate surface area is 124 Å². The quantitative estimate of drug-likeness (QED) is 0.858. The number of nitrogens with zero attached hydrogens (tertiary/aromatic N) is 2. The van der Waals surface area contributed by atoms with E-state index in [-0.39, 0.29) is 11.7 Å². The molecule has 1 unspecified atom stereocenters. The van der Waals surface area contributed by atoms with E-state index in [0.717, 1.165) is 12.2 Å². The van der Waals surface area contributed by atoms with Gasteiger partial charge in [-0.1, -0.05) is 30.3 Å². The molecule has 2 N–H and O–H groups in total. The molecule has 0 amide bonds. The molecule has 0 bridgehead atoms. The van der Waals surface area contributed by atoms with Gasteiger partial charge in [-0.25, -0.2) is 9.78 Å². The normalized spacial score (nSPS) is 12.1. The van der Waals surface area contributed by atoms with Crippen molar-refractivity contribution in [1.82, 2.24) is 9.55 Å². The molecule has 2 aromatic rings. The number of benzene rings is 1. The zero-order valence-electron chi connectivity index (χ0n) is 12.7. The highest BCUT2D eigenvalue weighted by atomic mass is 16.5. The summed E-state index contributed by atoms with van der Waals surface area (Å²) >= 11 is 0. The van der Waals surface area contributed by atoms with Gasteiger partial charge in [0, 0.05) is 6.04 Å². The van der Waals surface area contributed by atoms with Crippen molar-refractivity contribution >= 4 is 11.8 Å². The highest BCUT2D eigenvalue weighted by molar-refractivity contribution is 5.92. The lowest BCUT2D eigenvalue weighted by Crippen LogP contribution is -2.14. The first kappa shape index (κ1) is 15.1. The molecule has 1 heterocycles. The summed E-state index contributed by atoms with van der Waals surface area (Å²) < 4.78 is 6.87. The van der Waals surface area contributed by atoms with Crippen LogP contribution in [0.5, 0.6) is 0 Å². The average Bonchev–Trinajstić information content (AvgIpc) is 2.75. The molecular weight excluding hydrogens is 266 g/mol. The maximum atomic E-state index is 11.8. The van der Waals surface area contributed by atoms with Crippen LogP contribution in [0, 0.1) is 6.92 Å². The number of imidazole rings is 1. The molecule has 0 fully saturated rings. The zero-order valence-corrected chi connectivity index (χ0v) is 12.7. The molecule has 21 heavy (non-hydrogen) atoms. The van der Waals surface area contributed by atoms with Crippen LogP contribution in [0.2, 0.25) is 0 Å². The van der Waals surface area contributed by atoms with Crippen LogP contribution in [0.1, 0.15) is 41.8 Å². The smallest absolute Gasteiger partial charge is 0.360 e. The van der Waals surface area contributed by atoms with Crippen molar-refractivity contribution in [2.24, 2.45) is 0 Å². The molecule has 0 saturated carbocycles. The summed E-state index contributed by atoms with van der Waals surface area (Å²) in [4.78, 5) is 16.1. The molecule has 0 aliphatic heterocycles. The monoisotopic (exact) mass is 287 g/mol. The summed E-state index contributed by atoms with van der Waals surface area (Å²) in [6, 6.07) is 10.3. The van der Waals surface area contributed by atoms with Crippen LogP contribution in [-0.2, 0) is 11.2 Å². The number of nitrogen functional groups attached to an aromatic ring is 1. The minimum absolute atomic E-state index is 0.114. The number of anilines is 1. The number of rotatable bonds is 5. The maximum absolute atomic E-state index is 11.8. The summed E-state index contributed by atoms with van der Waals surface area (Å²) in [7, 11) is 0. The van der Waals surface area contributed by atoms with E-state index in [4.69, 9.17) is 10.5 Å². The van der Waals surface area contributed by atoms with Crippen LogP contribution >= 0.6 is 0 Å². The second-order valence-corrected chi connectivity index (χ2v) is 5.02. The fourth-order valence-corrected chi connectivity index (χ4v) is 2.51. The Kier molecular flexibility index (Phi) is 4.62. The molecule has 5 nitrogen and oxygen atoms in total. The Morgan fingerprint density at radius 3 is 2.67 bits per heavy atom. The van der Waals surface area contributed by atoms with E-state index in [9.17, 15) is 4.79 Å². The molecule has 1 aromatic heterocycles. The van der Waals surface area contributed by atoms with Gasteiger partial charge in [0.25, 0.3) is 0 Å². The fourth-order valence-electron chi connectivity index (χ4n) is 2.51. The number of ether oxygens (including phenoxy) is 1. The second kappa shape index (κ2) is 6.43. The van der Waals surface area contributed by atoms with Crippen LogP contribution in [0.25, 0.3) is 0 Å². The Morgan fingerprint density at radius 2 is 2.05 bits per heavy atom. The largest absolute Gasteiger partial charge is 0.461 e. The number of carbonyl (C=O) groups is 1. The number of aryl methyl sites for hydroxylation is 1. The van der Waals surface area contributed by atoms with E-state index in [1.807, 2.05) is 29.7 Å². The third-order valence-corrected chi connectivity index (χ3v) is 3.41. The van der Waals surface area contributed by atoms with E-state index in [1.165, 1.54) is 5.56 Å². The summed E-state index contributed by atoms with van der Waals surface area (Å²) in [6.45, 7) is 5.98. The van der Waals surface area contributed by atoms with Crippen molar-refractivity contribution in [2.45, 2.75) is 33.2 Å². The summed E-state index contributed by atoms with van der Waals surface area (Å²) in [5.74, 6) is 0.622. The molecule has 112 valence electrons. The number of esters is 1. The van der Waals surface area contributed by atoms with Gasteiger partial charge >= 0.3 is 5.97 Å². The molecule has 5 heteroatoms. The van der Waals surface area contributed by atoms with Gasteiger partial charge in [0.1, 0.15) is 11.6 Å². The SMILES string of the molecule is CCOC(=O)c1nc(C)n(C(C)Cc2ccccc2)c1N. The molecule has 0 spiro atoms. The van der Waals surface area contributed by atoms with Crippen LogP contribution < -0.4 is 5.73 Å². The van der Waals surface area contributed by atoms with Crippen LogP contribution in [0.4, 0.5) is 5.82 Å². The van der Waals surface area contributed by atoms with Crippen LogP contribution in [-0.4, -0.2) is 22.1 Å². The van der Waals surface area contributed by atoms with Crippen molar-refractivity contribution in [3.05, 3.63) is 47.4 Å². The van der Waals surface area contributed by atoms with E-state index >= 15 is 0 Å². The standard InChI is InChI=1S/C16H21N3O2/c1-4-21-16(20)14-15(17)19(12(3)18-14)11(2)10-13-8-6-5-7-9-13/h5-9,11H,4,10,17H2,1-3H3. The summed E-state index contributed by atoms with van der Waals surface area (Å²) in [5, 5.41) is 0. The van der Waals surface area contributed by atoms with Crippen molar-refractivity contribution in [1.29, 1.82) is 0 Å². The second-order valence-electron chi connectivity index (χ2n) is 5.02. The predicted molar refractivity (Wildman–Crippen MR) is 82.2 cm³/mol. The third-order valence-electron chi connectivity index (χ3n) is 3.41. The van der Waals surface area contributed by atoms with Gasteiger partial charge in [-0.2, -0.15) is 0 Å². The highest BCUT2D eigenvalue weighted by Crippen LogP contribution is 2.23. The average molecular weight is 287 g/mol. The Bertz CT molecular complexity index is 620. The topological polar surface area (TPSA) is 70.1 Å². The lowest BCUT2D eigenvalue weighted by molar-refractivity contribution is 0.0521. The van der Waals surface area contributed by atoms with Crippen molar-refractivity contribution in [3.63, 3.8) is 0 Å².